The van der Waals surface area contributed by atoms with Gasteiger partial charge in [-0.2, -0.15) is 0 Å². The van der Waals surface area contributed by atoms with Crippen LogP contribution in [-0.4, -0.2) is 14.5 Å². The monoisotopic (exact) mass is 335 g/mol. The largest absolute Gasteiger partial charge is 0.279 e. The van der Waals surface area contributed by atoms with E-state index in [0.717, 1.165) is 27.1 Å². The van der Waals surface area contributed by atoms with Crippen LogP contribution in [0.1, 0.15) is 11.4 Å². The molecule has 0 N–H and O–H groups in total. The van der Waals surface area contributed by atoms with Gasteiger partial charge in [0, 0.05) is 10.7 Å². The van der Waals surface area contributed by atoms with Crippen LogP contribution in [0.4, 0.5) is 0 Å². The van der Waals surface area contributed by atoms with Gasteiger partial charge in [-0.1, -0.05) is 6.07 Å². The summed E-state index contributed by atoms with van der Waals surface area (Å²) in [5.74, 6) is 1.14. The number of rotatable bonds is 2. The average Bonchev–Trinajstić information content (AvgIpc) is 2.77. The van der Waals surface area contributed by atoms with Crippen LogP contribution in [0.25, 0.3) is 16.9 Å². The molecule has 0 aliphatic heterocycles. The van der Waals surface area contributed by atoms with Crippen molar-refractivity contribution in [2.24, 2.45) is 0 Å². The van der Waals surface area contributed by atoms with E-state index in [1.807, 2.05) is 22.8 Å². The maximum atomic E-state index is 6.01. The Bertz CT molecular complexity index is 752. The first-order chi connectivity index (χ1) is 9.20. The van der Waals surface area contributed by atoms with E-state index in [4.69, 9.17) is 11.6 Å². The summed E-state index contributed by atoms with van der Waals surface area (Å²) in [5.41, 5.74) is 3.87. The number of hydrogen-bond donors (Lipinski definition) is 0. The van der Waals surface area contributed by atoms with Gasteiger partial charge in [0.2, 0.25) is 0 Å². The van der Waals surface area contributed by atoms with Crippen molar-refractivity contribution in [1.29, 1.82) is 0 Å². The van der Waals surface area contributed by atoms with E-state index in [-0.39, 0.29) is 0 Å². The molecule has 0 saturated heterocycles. The van der Waals surface area contributed by atoms with Gasteiger partial charge in [-0.15, -0.1) is 11.6 Å². The summed E-state index contributed by atoms with van der Waals surface area (Å²) in [6, 6.07) is 10.00. The maximum Gasteiger partial charge on any atom is 0.164 e. The second-order valence-electron chi connectivity index (χ2n) is 4.30. The number of imidazole rings is 1. The van der Waals surface area contributed by atoms with Crippen LogP contribution in [0.3, 0.4) is 0 Å². The number of fused-ring (bicyclic) bond motifs is 1. The molecule has 0 atom stereocenters. The third-order valence-electron chi connectivity index (χ3n) is 2.95. The van der Waals surface area contributed by atoms with Gasteiger partial charge in [0.15, 0.2) is 5.65 Å². The molecule has 96 valence electrons. The Morgan fingerprint density at radius 2 is 2.16 bits per heavy atom. The third-order valence-corrected chi connectivity index (χ3v) is 3.82. The minimum Gasteiger partial charge on any atom is -0.279 e. The Morgan fingerprint density at radius 1 is 1.32 bits per heavy atom. The van der Waals surface area contributed by atoms with Gasteiger partial charge in [0.05, 0.1) is 11.6 Å². The van der Waals surface area contributed by atoms with Gasteiger partial charge in [-0.3, -0.25) is 4.57 Å². The fraction of sp³-hybridized carbons (Fsp3) is 0.143. The number of benzene rings is 1. The Labute approximate surface area is 124 Å². The number of aryl methyl sites for hydroxylation is 1. The van der Waals surface area contributed by atoms with Crippen molar-refractivity contribution in [2.75, 3.05) is 0 Å². The van der Waals surface area contributed by atoms with Crippen LogP contribution in [0.2, 0.25) is 0 Å². The first-order valence-electron chi connectivity index (χ1n) is 5.85. The highest BCUT2D eigenvalue weighted by Gasteiger charge is 2.14. The lowest BCUT2D eigenvalue weighted by molar-refractivity contribution is 0.964. The molecule has 0 unspecified atom stereocenters. The standard InChI is InChI=1S/C14H11BrClN3/c1-9-4-5-12(10(15)7-9)19-13(8-16)18-11-3-2-6-17-14(11)19/h2-7H,8H2,1H3. The molecule has 1 aromatic carbocycles. The van der Waals surface area contributed by atoms with E-state index in [1.165, 1.54) is 5.56 Å². The number of hydrogen-bond acceptors (Lipinski definition) is 2. The molecule has 0 aliphatic carbocycles. The average molecular weight is 337 g/mol. The van der Waals surface area contributed by atoms with Crippen LogP contribution in [0.15, 0.2) is 41.0 Å². The van der Waals surface area contributed by atoms with Gasteiger partial charge in [0.1, 0.15) is 11.3 Å². The smallest absolute Gasteiger partial charge is 0.164 e. The molecular formula is C14H11BrClN3. The molecule has 19 heavy (non-hydrogen) atoms. The van der Waals surface area contributed by atoms with Crippen molar-refractivity contribution in [3.05, 3.63) is 52.4 Å². The zero-order valence-corrected chi connectivity index (χ0v) is 12.6. The maximum absolute atomic E-state index is 6.01. The van der Waals surface area contributed by atoms with Gasteiger partial charge in [0.25, 0.3) is 0 Å². The van der Waals surface area contributed by atoms with Crippen LogP contribution in [0.5, 0.6) is 0 Å². The first-order valence-corrected chi connectivity index (χ1v) is 7.18. The number of halogens is 2. The van der Waals surface area contributed by atoms with Gasteiger partial charge in [-0.05, 0) is 52.7 Å². The minimum absolute atomic E-state index is 0.344. The van der Waals surface area contributed by atoms with Crippen molar-refractivity contribution < 1.29 is 0 Å². The summed E-state index contributed by atoms with van der Waals surface area (Å²) >= 11 is 9.61. The minimum atomic E-state index is 0.344. The summed E-state index contributed by atoms with van der Waals surface area (Å²) in [5, 5.41) is 0. The van der Waals surface area contributed by atoms with E-state index < -0.39 is 0 Å². The van der Waals surface area contributed by atoms with Crippen molar-refractivity contribution in [3.8, 4) is 5.69 Å². The predicted molar refractivity (Wildman–Crippen MR) is 80.9 cm³/mol. The van der Waals surface area contributed by atoms with Crippen molar-refractivity contribution in [3.63, 3.8) is 0 Å². The second kappa shape index (κ2) is 4.94. The molecule has 0 radical (unpaired) electrons. The molecule has 3 rings (SSSR count). The molecule has 0 aliphatic rings. The van der Waals surface area contributed by atoms with E-state index in [1.54, 1.807) is 6.20 Å². The van der Waals surface area contributed by atoms with E-state index in [0.29, 0.717) is 5.88 Å². The number of nitrogens with zero attached hydrogens (tertiary/aromatic N) is 3. The fourth-order valence-corrected chi connectivity index (χ4v) is 2.95. The molecule has 2 aromatic heterocycles. The Morgan fingerprint density at radius 3 is 2.89 bits per heavy atom. The summed E-state index contributed by atoms with van der Waals surface area (Å²) in [4.78, 5) is 8.93. The highest BCUT2D eigenvalue weighted by atomic mass is 79.9. The highest BCUT2D eigenvalue weighted by molar-refractivity contribution is 9.10. The molecule has 0 bridgehead atoms. The zero-order valence-electron chi connectivity index (χ0n) is 10.3. The number of aromatic nitrogens is 3. The molecule has 0 fully saturated rings. The lowest BCUT2D eigenvalue weighted by Crippen LogP contribution is -2.01. The van der Waals surface area contributed by atoms with Crippen LogP contribution >= 0.6 is 27.5 Å². The Kier molecular flexibility index (Phi) is 3.29. The van der Waals surface area contributed by atoms with Crippen molar-refractivity contribution in [1.82, 2.24) is 14.5 Å². The summed E-state index contributed by atoms with van der Waals surface area (Å²) < 4.78 is 3.00. The fourth-order valence-electron chi connectivity index (χ4n) is 2.10. The predicted octanol–water partition coefficient (Wildman–Crippen LogP) is 4.23. The van der Waals surface area contributed by atoms with E-state index in [9.17, 15) is 0 Å². The summed E-state index contributed by atoms with van der Waals surface area (Å²) in [6.07, 6.45) is 1.76. The second-order valence-corrected chi connectivity index (χ2v) is 5.42. The van der Waals surface area contributed by atoms with E-state index in [2.05, 4.69) is 45.0 Å². The van der Waals surface area contributed by atoms with Crippen molar-refractivity contribution >= 4 is 38.7 Å². The molecule has 0 spiro atoms. The molecule has 0 amide bonds. The van der Waals surface area contributed by atoms with Gasteiger partial charge < -0.3 is 0 Å². The molecule has 0 saturated carbocycles. The summed E-state index contributed by atoms with van der Waals surface area (Å²) in [7, 11) is 0. The molecular weight excluding hydrogens is 326 g/mol. The third kappa shape index (κ3) is 2.15. The number of pyridine rings is 1. The van der Waals surface area contributed by atoms with E-state index >= 15 is 0 Å². The van der Waals surface area contributed by atoms with Crippen molar-refractivity contribution in [2.45, 2.75) is 12.8 Å². The highest BCUT2D eigenvalue weighted by Crippen LogP contribution is 2.27. The molecule has 2 heterocycles. The molecule has 3 aromatic rings. The Balaban J connectivity index is 2.34. The Hall–Kier alpha value is -1.39. The van der Waals surface area contributed by atoms with Gasteiger partial charge >= 0.3 is 0 Å². The lowest BCUT2D eigenvalue weighted by atomic mass is 10.2. The van der Waals surface area contributed by atoms with Crippen LogP contribution in [-0.2, 0) is 5.88 Å². The SMILES string of the molecule is Cc1ccc(-n2c(CCl)nc3cccnc32)c(Br)c1. The molecule has 5 heteroatoms. The van der Waals surface area contributed by atoms with Crippen LogP contribution < -0.4 is 0 Å². The van der Waals surface area contributed by atoms with Crippen LogP contribution in [0, 0.1) is 6.92 Å². The summed E-state index contributed by atoms with van der Waals surface area (Å²) in [6.45, 7) is 2.06. The van der Waals surface area contributed by atoms with Gasteiger partial charge in [-0.25, -0.2) is 9.97 Å². The zero-order chi connectivity index (χ0) is 13.4. The normalized spacial score (nSPS) is 11.1. The quantitative estimate of drug-likeness (QED) is 0.656. The number of alkyl halides is 1. The first kappa shape index (κ1) is 12.6. The molecule has 3 nitrogen and oxygen atoms in total. The topological polar surface area (TPSA) is 30.7 Å². The lowest BCUT2D eigenvalue weighted by Gasteiger charge is -2.10.